The van der Waals surface area contributed by atoms with Crippen LogP contribution in [0.25, 0.3) is 0 Å². The highest BCUT2D eigenvalue weighted by molar-refractivity contribution is 8.14. The highest BCUT2D eigenvalue weighted by Gasteiger charge is 2.20. The van der Waals surface area contributed by atoms with Gasteiger partial charge in [-0.05, 0) is 23.3 Å². The molecule has 3 nitrogen and oxygen atoms in total. The van der Waals surface area contributed by atoms with Gasteiger partial charge in [0.05, 0.1) is 12.2 Å². The Hall–Kier alpha value is -1.94. The lowest BCUT2D eigenvalue weighted by molar-refractivity contribution is 0.414. The predicted octanol–water partition coefficient (Wildman–Crippen LogP) is 3.59. The molecule has 0 aromatic heterocycles. The topological polar surface area (TPSA) is 33.6 Å². The summed E-state index contributed by atoms with van der Waals surface area (Å²) in [7, 11) is 1.68. The Labute approximate surface area is 123 Å². The van der Waals surface area contributed by atoms with E-state index < -0.39 is 0 Å². The van der Waals surface area contributed by atoms with Gasteiger partial charge < -0.3 is 4.74 Å². The van der Waals surface area contributed by atoms with E-state index in [2.05, 4.69) is 46.9 Å². The minimum Gasteiger partial charge on any atom is -0.497 e. The van der Waals surface area contributed by atoms with Crippen molar-refractivity contribution in [3.05, 3.63) is 65.7 Å². The summed E-state index contributed by atoms with van der Waals surface area (Å²) >= 11 is 1.77. The molecule has 2 aromatic carbocycles. The molecule has 0 radical (unpaired) electrons. The zero-order valence-corrected chi connectivity index (χ0v) is 12.1. The van der Waals surface area contributed by atoms with Crippen molar-refractivity contribution in [1.29, 1.82) is 0 Å². The number of nitrogens with zero attached hydrogens (tertiary/aromatic N) is 1. The van der Waals surface area contributed by atoms with Crippen molar-refractivity contribution in [2.45, 2.75) is 11.8 Å². The number of hydrogen-bond donors (Lipinski definition) is 1. The second kappa shape index (κ2) is 6.01. The smallest absolute Gasteiger partial charge is 0.120 e. The molecular formula is C16H16N2OS. The lowest BCUT2D eigenvalue weighted by atomic mass is 10.2. The first-order valence-corrected chi connectivity index (χ1v) is 7.40. The van der Waals surface area contributed by atoms with Crippen molar-refractivity contribution in [3.63, 3.8) is 0 Å². The van der Waals surface area contributed by atoms with Gasteiger partial charge in [0.2, 0.25) is 0 Å². The number of methoxy groups -OCH3 is 1. The van der Waals surface area contributed by atoms with E-state index in [1.54, 1.807) is 18.9 Å². The number of ether oxygens (including phenoxy) is 1. The molecule has 20 heavy (non-hydrogen) atoms. The number of rotatable bonds is 4. The van der Waals surface area contributed by atoms with E-state index in [-0.39, 0.29) is 5.37 Å². The van der Waals surface area contributed by atoms with Crippen LogP contribution in [0.15, 0.2) is 59.7 Å². The number of nitrogens with one attached hydrogen (secondary N) is 1. The van der Waals surface area contributed by atoms with Gasteiger partial charge in [-0.1, -0.05) is 54.2 Å². The monoisotopic (exact) mass is 284 g/mol. The molecule has 1 aliphatic heterocycles. The Morgan fingerprint density at radius 2 is 1.85 bits per heavy atom. The molecule has 0 amide bonds. The van der Waals surface area contributed by atoms with Crippen LogP contribution in [0.5, 0.6) is 5.75 Å². The lowest BCUT2D eigenvalue weighted by Crippen LogP contribution is -2.06. The fourth-order valence-corrected chi connectivity index (χ4v) is 3.12. The minimum atomic E-state index is 0.194. The SMILES string of the molecule is COc1ccc([C@@H]2NN=C(Cc3ccccc3)S2)cc1. The van der Waals surface area contributed by atoms with E-state index >= 15 is 0 Å². The molecule has 4 heteroatoms. The van der Waals surface area contributed by atoms with Crippen molar-refractivity contribution in [3.8, 4) is 5.75 Å². The first-order chi connectivity index (χ1) is 9.85. The molecule has 0 unspecified atom stereocenters. The summed E-state index contributed by atoms with van der Waals surface area (Å²) in [5.74, 6) is 0.877. The molecule has 0 saturated carbocycles. The summed E-state index contributed by atoms with van der Waals surface area (Å²) in [6.45, 7) is 0. The third-order valence-corrected chi connectivity index (χ3v) is 4.30. The highest BCUT2D eigenvalue weighted by Crippen LogP contribution is 2.33. The zero-order valence-electron chi connectivity index (χ0n) is 11.2. The van der Waals surface area contributed by atoms with Crippen molar-refractivity contribution >= 4 is 16.8 Å². The van der Waals surface area contributed by atoms with E-state index in [0.29, 0.717) is 0 Å². The van der Waals surface area contributed by atoms with E-state index in [0.717, 1.165) is 17.2 Å². The molecule has 0 fully saturated rings. The fraction of sp³-hybridized carbons (Fsp3) is 0.188. The van der Waals surface area contributed by atoms with Gasteiger partial charge in [0.25, 0.3) is 0 Å². The normalized spacial score (nSPS) is 17.4. The summed E-state index contributed by atoms with van der Waals surface area (Å²) in [5.41, 5.74) is 5.69. The number of benzene rings is 2. The highest BCUT2D eigenvalue weighted by atomic mass is 32.2. The van der Waals surface area contributed by atoms with E-state index in [4.69, 9.17) is 4.74 Å². The Balaban J connectivity index is 1.63. The molecule has 102 valence electrons. The van der Waals surface area contributed by atoms with Crippen molar-refractivity contribution in [2.24, 2.45) is 5.10 Å². The van der Waals surface area contributed by atoms with Gasteiger partial charge in [-0.2, -0.15) is 5.10 Å². The fourth-order valence-electron chi connectivity index (χ4n) is 2.09. The zero-order chi connectivity index (χ0) is 13.8. The Kier molecular flexibility index (Phi) is 3.92. The first kappa shape index (κ1) is 13.1. The summed E-state index contributed by atoms with van der Waals surface area (Å²) < 4.78 is 5.18. The van der Waals surface area contributed by atoms with Crippen LogP contribution in [-0.2, 0) is 6.42 Å². The Bertz CT molecular complexity index is 596. The second-order valence-corrected chi connectivity index (χ2v) is 5.75. The number of thioether (sulfide) groups is 1. The van der Waals surface area contributed by atoms with Gasteiger partial charge in [-0.3, -0.25) is 5.43 Å². The average Bonchev–Trinajstić information content (AvgIpc) is 2.97. The molecule has 0 saturated heterocycles. The van der Waals surface area contributed by atoms with Crippen LogP contribution in [0, 0.1) is 0 Å². The molecule has 0 spiro atoms. The third-order valence-electron chi connectivity index (χ3n) is 3.18. The summed E-state index contributed by atoms with van der Waals surface area (Å²) in [6.07, 6.45) is 0.880. The van der Waals surface area contributed by atoms with Gasteiger partial charge in [0, 0.05) is 6.42 Å². The van der Waals surface area contributed by atoms with Crippen LogP contribution in [0.1, 0.15) is 16.5 Å². The van der Waals surface area contributed by atoms with Crippen molar-refractivity contribution in [1.82, 2.24) is 5.43 Å². The third kappa shape index (κ3) is 2.96. The molecule has 1 aliphatic rings. The summed E-state index contributed by atoms with van der Waals surface area (Å²) in [5, 5.41) is 5.75. The second-order valence-electron chi connectivity index (χ2n) is 4.57. The van der Waals surface area contributed by atoms with Gasteiger partial charge in [0.15, 0.2) is 0 Å². The van der Waals surface area contributed by atoms with Gasteiger partial charge in [-0.15, -0.1) is 0 Å². The molecule has 2 aromatic rings. The molecule has 1 N–H and O–H groups in total. The van der Waals surface area contributed by atoms with Crippen LogP contribution in [-0.4, -0.2) is 12.2 Å². The number of hydrazone groups is 1. The van der Waals surface area contributed by atoms with Crippen molar-refractivity contribution in [2.75, 3.05) is 7.11 Å². The largest absolute Gasteiger partial charge is 0.497 e. The average molecular weight is 284 g/mol. The molecule has 0 aliphatic carbocycles. The van der Waals surface area contributed by atoms with E-state index in [1.807, 2.05) is 18.2 Å². The maximum atomic E-state index is 5.18. The molecule has 3 rings (SSSR count). The quantitative estimate of drug-likeness (QED) is 0.931. The van der Waals surface area contributed by atoms with Gasteiger partial charge in [-0.25, -0.2) is 0 Å². The molecule has 1 atom stereocenters. The lowest BCUT2D eigenvalue weighted by Gasteiger charge is -2.10. The Morgan fingerprint density at radius 3 is 2.55 bits per heavy atom. The van der Waals surface area contributed by atoms with Crippen LogP contribution < -0.4 is 10.2 Å². The van der Waals surface area contributed by atoms with Crippen LogP contribution in [0.4, 0.5) is 0 Å². The van der Waals surface area contributed by atoms with Crippen LogP contribution >= 0.6 is 11.8 Å². The van der Waals surface area contributed by atoms with Crippen LogP contribution in [0.2, 0.25) is 0 Å². The standard InChI is InChI=1S/C16H16N2OS/c1-19-14-9-7-13(8-10-14)16-18-17-15(20-16)11-12-5-3-2-4-6-12/h2-10,16,18H,11H2,1H3/t16-/m1/s1. The van der Waals surface area contributed by atoms with Gasteiger partial charge in [0.1, 0.15) is 11.1 Å². The first-order valence-electron chi connectivity index (χ1n) is 6.52. The minimum absolute atomic E-state index is 0.194. The molecule has 1 heterocycles. The Morgan fingerprint density at radius 1 is 1.10 bits per heavy atom. The summed E-state index contributed by atoms with van der Waals surface area (Å²) in [4.78, 5) is 0. The van der Waals surface area contributed by atoms with E-state index in [9.17, 15) is 0 Å². The number of hydrogen-bond acceptors (Lipinski definition) is 4. The van der Waals surface area contributed by atoms with Gasteiger partial charge >= 0.3 is 0 Å². The predicted molar refractivity (Wildman–Crippen MR) is 84.0 cm³/mol. The van der Waals surface area contributed by atoms with E-state index in [1.165, 1.54) is 11.1 Å². The maximum absolute atomic E-state index is 5.18. The van der Waals surface area contributed by atoms with Crippen molar-refractivity contribution < 1.29 is 4.74 Å². The summed E-state index contributed by atoms with van der Waals surface area (Å²) in [6, 6.07) is 18.5. The maximum Gasteiger partial charge on any atom is 0.120 e. The molecule has 0 bridgehead atoms. The molecular weight excluding hydrogens is 268 g/mol. The van der Waals surface area contributed by atoms with Crippen LogP contribution in [0.3, 0.4) is 0 Å².